The van der Waals surface area contributed by atoms with Gasteiger partial charge in [0.25, 0.3) is 0 Å². The number of nitrogens with two attached hydrogens (primary N) is 1. The van der Waals surface area contributed by atoms with Crippen molar-refractivity contribution >= 4 is 17.8 Å². The standard InChI is InChI=1S/C12H24N2O4.C7H15NO/c1-12(2,6-8-15)11(18)14-7-4-3-5-9(13)10(16)17;1-6(2)4-5-8-7(3)9/h9,15H,3-8,13H2,1-2H3,(H,14,18)(H,16,17);6H,4-5H2,1-3H3,(H,8,9). The summed E-state index contributed by atoms with van der Waals surface area (Å²) in [5.41, 5.74) is 4.78. The van der Waals surface area contributed by atoms with E-state index in [0.717, 1.165) is 13.0 Å². The number of nitrogens with one attached hydrogen (secondary N) is 2. The minimum Gasteiger partial charge on any atom is -0.480 e. The average Bonchev–Trinajstić information content (AvgIpc) is 2.53. The number of hydrogen-bond acceptors (Lipinski definition) is 5. The fraction of sp³-hybridized carbons (Fsp3) is 0.842. The van der Waals surface area contributed by atoms with Gasteiger partial charge in [-0.05, 0) is 38.0 Å². The number of carboxylic acids is 1. The molecule has 0 aromatic carbocycles. The van der Waals surface area contributed by atoms with Crippen molar-refractivity contribution in [1.29, 1.82) is 0 Å². The largest absolute Gasteiger partial charge is 0.480 e. The summed E-state index contributed by atoms with van der Waals surface area (Å²) in [5, 5.41) is 22.9. The average molecular weight is 390 g/mol. The second-order valence-corrected chi connectivity index (χ2v) is 7.72. The quantitative estimate of drug-likeness (QED) is 0.318. The van der Waals surface area contributed by atoms with Crippen LogP contribution >= 0.6 is 0 Å². The van der Waals surface area contributed by atoms with Crippen LogP contribution in [-0.4, -0.2) is 53.7 Å². The summed E-state index contributed by atoms with van der Waals surface area (Å²) >= 11 is 0. The minimum atomic E-state index is -0.997. The predicted molar refractivity (Wildman–Crippen MR) is 106 cm³/mol. The van der Waals surface area contributed by atoms with Gasteiger partial charge in [0.05, 0.1) is 0 Å². The zero-order valence-electron chi connectivity index (χ0n) is 17.5. The predicted octanol–water partition coefficient (Wildman–Crippen LogP) is 1.26. The number of hydrogen-bond donors (Lipinski definition) is 5. The van der Waals surface area contributed by atoms with Crippen LogP contribution in [0.2, 0.25) is 0 Å². The van der Waals surface area contributed by atoms with Crippen LogP contribution in [0.5, 0.6) is 0 Å². The van der Waals surface area contributed by atoms with Crippen LogP contribution in [0.3, 0.4) is 0 Å². The van der Waals surface area contributed by atoms with Gasteiger partial charge in [0, 0.05) is 32.0 Å². The third-order valence-corrected chi connectivity index (χ3v) is 3.99. The first-order chi connectivity index (χ1) is 12.4. The fourth-order valence-electron chi connectivity index (χ4n) is 1.98. The van der Waals surface area contributed by atoms with Gasteiger partial charge in [0.1, 0.15) is 6.04 Å². The molecule has 0 aromatic rings. The maximum Gasteiger partial charge on any atom is 0.320 e. The van der Waals surface area contributed by atoms with Crippen molar-refractivity contribution in [1.82, 2.24) is 10.6 Å². The van der Waals surface area contributed by atoms with Gasteiger partial charge in [-0.25, -0.2) is 0 Å². The Labute approximate surface area is 163 Å². The first-order valence-electron chi connectivity index (χ1n) is 9.56. The lowest BCUT2D eigenvalue weighted by Crippen LogP contribution is -2.38. The van der Waals surface area contributed by atoms with E-state index in [0.29, 0.717) is 38.1 Å². The molecule has 0 saturated carbocycles. The van der Waals surface area contributed by atoms with Crippen LogP contribution in [0.25, 0.3) is 0 Å². The Morgan fingerprint density at radius 2 is 1.63 bits per heavy atom. The molecule has 8 nitrogen and oxygen atoms in total. The second-order valence-electron chi connectivity index (χ2n) is 7.72. The number of aliphatic hydroxyl groups is 1. The number of carboxylic acid groups (broad SMARTS) is 1. The lowest BCUT2D eigenvalue weighted by Gasteiger charge is -2.22. The molecule has 0 aliphatic heterocycles. The molecule has 0 rings (SSSR count). The summed E-state index contributed by atoms with van der Waals surface area (Å²) in [6.45, 7) is 10.7. The molecule has 0 saturated heterocycles. The monoisotopic (exact) mass is 389 g/mol. The molecule has 0 radical (unpaired) electrons. The zero-order chi connectivity index (χ0) is 21.5. The first kappa shape index (κ1) is 27.5. The Bertz CT molecular complexity index is 439. The number of rotatable bonds is 12. The Balaban J connectivity index is 0. The second kappa shape index (κ2) is 15.4. The van der Waals surface area contributed by atoms with Crippen molar-refractivity contribution < 1.29 is 24.6 Å². The van der Waals surface area contributed by atoms with E-state index in [1.54, 1.807) is 20.8 Å². The summed E-state index contributed by atoms with van der Waals surface area (Å²) in [6.07, 6.45) is 3.25. The smallest absolute Gasteiger partial charge is 0.320 e. The molecular weight excluding hydrogens is 350 g/mol. The third kappa shape index (κ3) is 17.5. The van der Waals surface area contributed by atoms with Crippen LogP contribution < -0.4 is 16.4 Å². The highest BCUT2D eigenvalue weighted by molar-refractivity contribution is 5.81. The molecule has 27 heavy (non-hydrogen) atoms. The van der Waals surface area contributed by atoms with Crippen molar-refractivity contribution in [2.45, 2.75) is 72.8 Å². The van der Waals surface area contributed by atoms with Crippen molar-refractivity contribution in [2.24, 2.45) is 17.1 Å². The van der Waals surface area contributed by atoms with Gasteiger partial charge < -0.3 is 26.6 Å². The SMILES string of the molecule is CC(=O)NCCC(C)C.CC(C)(CCO)C(=O)NCCCCC(N)C(=O)O. The lowest BCUT2D eigenvalue weighted by molar-refractivity contribution is -0.138. The topological polar surface area (TPSA) is 142 Å². The van der Waals surface area contributed by atoms with Gasteiger partial charge in [0.2, 0.25) is 11.8 Å². The van der Waals surface area contributed by atoms with Gasteiger partial charge in [0.15, 0.2) is 0 Å². The molecule has 0 aliphatic rings. The summed E-state index contributed by atoms with van der Waals surface area (Å²) in [4.78, 5) is 32.5. The number of unbranched alkanes of at least 4 members (excludes halogenated alkanes) is 1. The number of aliphatic hydroxyl groups excluding tert-OH is 1. The maximum atomic E-state index is 11.7. The Morgan fingerprint density at radius 1 is 1.04 bits per heavy atom. The Kier molecular flexibility index (Phi) is 15.7. The number of aliphatic carboxylic acids is 1. The van der Waals surface area contributed by atoms with Crippen molar-refractivity contribution in [3.8, 4) is 0 Å². The lowest BCUT2D eigenvalue weighted by atomic mass is 9.88. The van der Waals surface area contributed by atoms with E-state index in [9.17, 15) is 14.4 Å². The van der Waals surface area contributed by atoms with Crippen LogP contribution in [0.1, 0.15) is 66.7 Å². The molecule has 0 spiro atoms. The normalized spacial score (nSPS) is 12.0. The van der Waals surface area contributed by atoms with Gasteiger partial charge >= 0.3 is 5.97 Å². The number of carbonyl (C=O) groups excluding carboxylic acids is 2. The van der Waals surface area contributed by atoms with Gasteiger partial charge in [-0.1, -0.05) is 27.7 Å². The van der Waals surface area contributed by atoms with Crippen LogP contribution in [0, 0.1) is 11.3 Å². The molecule has 0 aliphatic carbocycles. The molecule has 160 valence electrons. The molecule has 1 atom stereocenters. The number of carbonyl (C=O) groups is 3. The van der Waals surface area contributed by atoms with E-state index in [4.69, 9.17) is 15.9 Å². The highest BCUT2D eigenvalue weighted by atomic mass is 16.4. The summed E-state index contributed by atoms with van der Waals surface area (Å²) in [5.74, 6) is -0.352. The minimum absolute atomic E-state index is 0.0200. The number of amides is 2. The van der Waals surface area contributed by atoms with Gasteiger partial charge in [-0.3, -0.25) is 14.4 Å². The highest BCUT2D eigenvalue weighted by Crippen LogP contribution is 2.19. The van der Waals surface area contributed by atoms with Gasteiger partial charge in [-0.2, -0.15) is 0 Å². The van der Waals surface area contributed by atoms with Crippen molar-refractivity contribution in [2.75, 3.05) is 19.7 Å². The van der Waals surface area contributed by atoms with E-state index in [1.807, 2.05) is 0 Å². The molecule has 1 unspecified atom stereocenters. The molecule has 8 heteroatoms. The summed E-state index contributed by atoms with van der Waals surface area (Å²) in [6, 6.07) is -0.827. The van der Waals surface area contributed by atoms with Crippen molar-refractivity contribution in [3.05, 3.63) is 0 Å². The van der Waals surface area contributed by atoms with E-state index >= 15 is 0 Å². The molecule has 0 fully saturated rings. The Hall–Kier alpha value is -1.67. The highest BCUT2D eigenvalue weighted by Gasteiger charge is 2.26. The van der Waals surface area contributed by atoms with Crippen LogP contribution in [0.4, 0.5) is 0 Å². The molecule has 0 aromatic heterocycles. The molecule has 2 amide bonds. The van der Waals surface area contributed by atoms with Gasteiger partial charge in [-0.15, -0.1) is 0 Å². The van der Waals surface area contributed by atoms with E-state index in [-0.39, 0.29) is 18.4 Å². The fourth-order valence-corrected chi connectivity index (χ4v) is 1.98. The zero-order valence-corrected chi connectivity index (χ0v) is 17.5. The van der Waals surface area contributed by atoms with Crippen LogP contribution in [0.15, 0.2) is 0 Å². The molecular formula is C19H39N3O5. The van der Waals surface area contributed by atoms with Crippen molar-refractivity contribution in [3.63, 3.8) is 0 Å². The summed E-state index contributed by atoms with van der Waals surface area (Å²) in [7, 11) is 0. The van der Waals surface area contributed by atoms with E-state index in [2.05, 4.69) is 24.5 Å². The third-order valence-electron chi connectivity index (χ3n) is 3.99. The summed E-state index contributed by atoms with van der Waals surface area (Å²) < 4.78 is 0. The van der Waals surface area contributed by atoms with Crippen LogP contribution in [-0.2, 0) is 14.4 Å². The maximum absolute atomic E-state index is 11.7. The first-order valence-corrected chi connectivity index (χ1v) is 9.56. The Morgan fingerprint density at radius 3 is 2.07 bits per heavy atom. The van der Waals surface area contributed by atoms with E-state index in [1.165, 1.54) is 0 Å². The molecule has 0 heterocycles. The van der Waals surface area contributed by atoms with E-state index < -0.39 is 17.4 Å². The molecule has 0 bridgehead atoms. The molecule has 6 N–H and O–H groups in total.